The lowest BCUT2D eigenvalue weighted by molar-refractivity contribution is 0.319. The number of halogens is 2. The van der Waals surface area contributed by atoms with Gasteiger partial charge in [0.05, 0.1) is 11.0 Å². The summed E-state index contributed by atoms with van der Waals surface area (Å²) in [6.07, 6.45) is 3.56. The molecule has 0 aliphatic heterocycles. The van der Waals surface area contributed by atoms with Crippen molar-refractivity contribution in [3.63, 3.8) is 0 Å². The van der Waals surface area contributed by atoms with Crippen LogP contribution in [0.3, 0.4) is 0 Å². The summed E-state index contributed by atoms with van der Waals surface area (Å²) >= 11 is 0. The Kier molecular flexibility index (Phi) is 5.24. The maximum atomic E-state index is 14.0. The van der Waals surface area contributed by atoms with Crippen molar-refractivity contribution in [1.29, 1.82) is 0 Å². The zero-order valence-electron chi connectivity index (χ0n) is 17.4. The number of fused-ring (bicyclic) bond motifs is 6. The Morgan fingerprint density at radius 2 is 1.39 bits per heavy atom. The summed E-state index contributed by atoms with van der Waals surface area (Å²) in [5.41, 5.74) is 3.29. The maximum Gasteiger partial charge on any atom is 0.167 e. The molecule has 2 aromatic heterocycles. The predicted octanol–water partition coefficient (Wildman–Crippen LogP) is 6.39. The van der Waals surface area contributed by atoms with Gasteiger partial charge in [-0.05, 0) is 55.4 Å². The second-order valence-corrected chi connectivity index (χ2v) is 7.99. The lowest BCUT2D eigenvalue weighted by Crippen LogP contribution is -2.22. The zero-order valence-corrected chi connectivity index (χ0v) is 17.4. The first-order valence-corrected chi connectivity index (χ1v) is 10.8. The van der Waals surface area contributed by atoms with E-state index in [4.69, 9.17) is 4.74 Å². The van der Waals surface area contributed by atoms with Gasteiger partial charge in [0.15, 0.2) is 5.75 Å². The van der Waals surface area contributed by atoms with Crippen LogP contribution in [-0.2, 0) is 0 Å². The van der Waals surface area contributed by atoms with Crippen molar-refractivity contribution in [2.24, 2.45) is 0 Å². The Morgan fingerprint density at radius 3 is 1.97 bits per heavy atom. The van der Waals surface area contributed by atoms with Gasteiger partial charge in [0.1, 0.15) is 18.2 Å². The smallest absolute Gasteiger partial charge is 0.167 e. The van der Waals surface area contributed by atoms with Crippen LogP contribution >= 0.6 is 0 Å². The van der Waals surface area contributed by atoms with Gasteiger partial charge >= 0.3 is 0 Å². The second-order valence-electron chi connectivity index (χ2n) is 7.99. The van der Waals surface area contributed by atoms with Crippen LogP contribution in [0.5, 0.6) is 5.75 Å². The quantitative estimate of drug-likeness (QED) is 0.254. The number of aromatic amines is 2. The summed E-state index contributed by atoms with van der Waals surface area (Å²) in [6.45, 7) is 4.38. The molecule has 0 aliphatic rings. The number of hydrogen-bond donors (Lipinski definition) is 3. The van der Waals surface area contributed by atoms with E-state index in [0.29, 0.717) is 12.4 Å². The van der Waals surface area contributed by atoms with Crippen LogP contribution in [0, 0.1) is 11.6 Å². The van der Waals surface area contributed by atoms with Gasteiger partial charge in [-0.15, -0.1) is 0 Å². The Hall–Kier alpha value is -3.12. The van der Waals surface area contributed by atoms with Crippen LogP contribution in [0.25, 0.3) is 43.6 Å². The van der Waals surface area contributed by atoms with Gasteiger partial charge in [0.2, 0.25) is 0 Å². The average Bonchev–Trinajstić information content (AvgIpc) is 3.30. The normalized spacial score (nSPS) is 12.0. The lowest BCUT2D eigenvalue weighted by Gasteiger charge is -2.10. The number of aromatic nitrogens is 2. The van der Waals surface area contributed by atoms with Crippen molar-refractivity contribution in [1.82, 2.24) is 15.3 Å². The van der Waals surface area contributed by atoms with E-state index in [-0.39, 0.29) is 11.6 Å². The molecule has 3 aromatic carbocycles. The number of nitrogens with one attached hydrogen (secondary N) is 3. The van der Waals surface area contributed by atoms with Crippen molar-refractivity contribution < 1.29 is 13.5 Å². The molecule has 5 aromatic rings. The summed E-state index contributed by atoms with van der Waals surface area (Å²) < 4.78 is 34.2. The molecule has 0 radical (unpaired) electrons. The SMILES string of the molecule is CCCCCNCCOc1c2[nH]c3ccc(F)cc3c2cc2c1[nH]c1ccc(F)cc12. The summed E-state index contributed by atoms with van der Waals surface area (Å²) in [7, 11) is 0. The van der Waals surface area contributed by atoms with Crippen molar-refractivity contribution in [2.45, 2.75) is 26.2 Å². The van der Waals surface area contributed by atoms with Crippen molar-refractivity contribution >= 4 is 43.6 Å². The third-order valence-electron chi connectivity index (χ3n) is 5.83. The minimum absolute atomic E-state index is 0.294. The monoisotopic (exact) mass is 421 g/mol. The molecule has 0 atom stereocenters. The molecule has 0 fully saturated rings. The molecular formula is C25H25F2N3O. The van der Waals surface area contributed by atoms with Gasteiger partial charge in [-0.1, -0.05) is 19.8 Å². The molecule has 0 amide bonds. The fourth-order valence-corrected chi connectivity index (χ4v) is 4.29. The van der Waals surface area contributed by atoms with Crippen LogP contribution in [0.2, 0.25) is 0 Å². The zero-order chi connectivity index (χ0) is 21.4. The first-order valence-electron chi connectivity index (χ1n) is 10.8. The minimum Gasteiger partial charge on any atom is -0.488 e. The van der Waals surface area contributed by atoms with Crippen molar-refractivity contribution in [2.75, 3.05) is 19.7 Å². The highest BCUT2D eigenvalue weighted by atomic mass is 19.1. The minimum atomic E-state index is -0.294. The van der Waals surface area contributed by atoms with Gasteiger partial charge in [-0.25, -0.2) is 8.78 Å². The van der Waals surface area contributed by atoms with Crippen LogP contribution < -0.4 is 10.1 Å². The van der Waals surface area contributed by atoms with Crippen LogP contribution in [0.1, 0.15) is 26.2 Å². The number of hydrogen-bond acceptors (Lipinski definition) is 2. The van der Waals surface area contributed by atoms with E-state index in [1.54, 1.807) is 12.1 Å². The van der Waals surface area contributed by atoms with Crippen LogP contribution in [0.15, 0.2) is 42.5 Å². The predicted molar refractivity (Wildman–Crippen MR) is 123 cm³/mol. The molecule has 0 saturated heterocycles. The molecule has 2 heterocycles. The molecule has 160 valence electrons. The topological polar surface area (TPSA) is 52.8 Å². The first kappa shape index (κ1) is 19.8. The highest BCUT2D eigenvalue weighted by molar-refractivity contribution is 6.20. The molecule has 3 N–H and O–H groups in total. The summed E-state index contributed by atoms with van der Waals surface area (Å²) in [6, 6.07) is 11.4. The highest BCUT2D eigenvalue weighted by Crippen LogP contribution is 2.41. The van der Waals surface area contributed by atoms with E-state index in [2.05, 4.69) is 22.2 Å². The molecule has 5 rings (SSSR count). The second kappa shape index (κ2) is 8.19. The number of ether oxygens (including phenoxy) is 1. The molecule has 31 heavy (non-hydrogen) atoms. The summed E-state index contributed by atoms with van der Waals surface area (Å²) in [4.78, 5) is 6.77. The van der Waals surface area contributed by atoms with E-state index in [1.807, 2.05) is 6.07 Å². The van der Waals surface area contributed by atoms with E-state index >= 15 is 0 Å². The number of unbranched alkanes of at least 4 members (excludes halogenated alkanes) is 2. The fraction of sp³-hybridized carbons (Fsp3) is 0.280. The van der Waals surface area contributed by atoms with Gasteiger partial charge in [-0.2, -0.15) is 0 Å². The molecular weight excluding hydrogens is 396 g/mol. The van der Waals surface area contributed by atoms with E-state index in [0.717, 1.165) is 63.1 Å². The number of H-pyrrole nitrogens is 2. The number of rotatable bonds is 8. The van der Waals surface area contributed by atoms with Crippen molar-refractivity contribution in [3.8, 4) is 5.75 Å². The van der Waals surface area contributed by atoms with Gasteiger partial charge in [0.25, 0.3) is 0 Å². The van der Waals surface area contributed by atoms with E-state index in [1.165, 1.54) is 37.1 Å². The Bertz CT molecular complexity index is 1290. The standard InChI is InChI=1S/C25H25F2N3O/c1-2-3-4-9-28-10-11-31-25-23-19(17-12-15(26)5-7-21(17)29-23)14-20-18-13-16(27)6-8-22(18)30-24(20)25/h5-8,12-14,28-30H,2-4,9-11H2,1H3. The molecule has 4 nitrogen and oxygen atoms in total. The maximum absolute atomic E-state index is 14.0. The first-order chi connectivity index (χ1) is 15.2. The highest BCUT2D eigenvalue weighted by Gasteiger charge is 2.18. The average molecular weight is 421 g/mol. The largest absolute Gasteiger partial charge is 0.488 e. The van der Waals surface area contributed by atoms with Gasteiger partial charge < -0.3 is 20.0 Å². The molecule has 0 saturated carbocycles. The molecule has 0 aliphatic carbocycles. The lowest BCUT2D eigenvalue weighted by atomic mass is 10.1. The van der Waals surface area contributed by atoms with Crippen LogP contribution in [-0.4, -0.2) is 29.7 Å². The molecule has 0 spiro atoms. The fourth-order valence-electron chi connectivity index (χ4n) is 4.29. The molecule has 0 bridgehead atoms. The van der Waals surface area contributed by atoms with Crippen molar-refractivity contribution in [3.05, 3.63) is 54.1 Å². The number of benzene rings is 3. The summed E-state index contributed by atoms with van der Waals surface area (Å²) in [5, 5.41) is 6.69. The third kappa shape index (κ3) is 3.61. The Labute approximate surface area is 178 Å². The van der Waals surface area contributed by atoms with Crippen LogP contribution in [0.4, 0.5) is 8.78 Å². The molecule has 0 unspecified atom stereocenters. The van der Waals surface area contributed by atoms with Gasteiger partial charge in [-0.3, -0.25) is 0 Å². The van der Waals surface area contributed by atoms with E-state index < -0.39 is 0 Å². The summed E-state index contributed by atoms with van der Waals surface area (Å²) in [5.74, 6) is 0.0884. The van der Waals surface area contributed by atoms with E-state index in [9.17, 15) is 8.78 Å². The third-order valence-corrected chi connectivity index (χ3v) is 5.83. The molecule has 6 heteroatoms. The Balaban J connectivity index is 1.61. The van der Waals surface area contributed by atoms with Gasteiger partial charge in [0, 0.05) is 39.1 Å². The Morgan fingerprint density at radius 1 is 0.774 bits per heavy atom.